The highest BCUT2D eigenvalue weighted by atomic mass is 79.9. The zero-order valence-corrected chi connectivity index (χ0v) is 8.77. The Bertz CT molecular complexity index is 615. The first-order valence-corrected chi connectivity index (χ1v) is 5.02. The van der Waals surface area contributed by atoms with E-state index < -0.39 is 0 Å². The first-order valence-electron chi connectivity index (χ1n) is 4.23. The van der Waals surface area contributed by atoms with E-state index in [4.69, 9.17) is 0 Å². The molecule has 0 aliphatic heterocycles. The summed E-state index contributed by atoms with van der Waals surface area (Å²) in [5.74, 6) is 0. The van der Waals surface area contributed by atoms with Crippen molar-refractivity contribution < 1.29 is 0 Å². The number of hydrogen-bond donors (Lipinski definition) is 0. The molecule has 0 bridgehead atoms. The Labute approximate surface area is 88.5 Å². The SMILES string of the molecule is Brc1cccc2c1ccc1nncn12. The summed E-state index contributed by atoms with van der Waals surface area (Å²) in [7, 11) is 0. The lowest BCUT2D eigenvalue weighted by Crippen LogP contribution is -1.86. The van der Waals surface area contributed by atoms with Crippen LogP contribution in [0.3, 0.4) is 0 Å². The molecule has 0 aliphatic rings. The first kappa shape index (κ1) is 7.94. The van der Waals surface area contributed by atoms with E-state index in [2.05, 4.69) is 32.2 Å². The number of nitrogens with zero attached hydrogens (tertiary/aromatic N) is 3. The minimum Gasteiger partial charge on any atom is -0.281 e. The van der Waals surface area contributed by atoms with Crippen LogP contribution in [0.4, 0.5) is 0 Å². The van der Waals surface area contributed by atoms with Crippen molar-refractivity contribution in [3.8, 4) is 0 Å². The lowest BCUT2D eigenvalue weighted by Gasteiger charge is -2.01. The van der Waals surface area contributed by atoms with E-state index in [0.29, 0.717) is 0 Å². The fourth-order valence-electron chi connectivity index (χ4n) is 1.60. The van der Waals surface area contributed by atoms with Crippen molar-refractivity contribution in [2.24, 2.45) is 0 Å². The van der Waals surface area contributed by atoms with Gasteiger partial charge in [0.05, 0.1) is 5.52 Å². The molecule has 0 unspecified atom stereocenters. The van der Waals surface area contributed by atoms with Crippen LogP contribution in [0.1, 0.15) is 0 Å². The van der Waals surface area contributed by atoms with Gasteiger partial charge in [0.25, 0.3) is 0 Å². The number of benzene rings is 1. The highest BCUT2D eigenvalue weighted by molar-refractivity contribution is 9.10. The Hall–Kier alpha value is -1.42. The Morgan fingerprint density at radius 2 is 2.07 bits per heavy atom. The van der Waals surface area contributed by atoms with Gasteiger partial charge in [-0.3, -0.25) is 4.40 Å². The molecule has 2 heterocycles. The highest BCUT2D eigenvalue weighted by Gasteiger charge is 2.02. The van der Waals surface area contributed by atoms with Gasteiger partial charge >= 0.3 is 0 Å². The summed E-state index contributed by atoms with van der Waals surface area (Å²) in [6.45, 7) is 0. The highest BCUT2D eigenvalue weighted by Crippen LogP contribution is 2.23. The molecule has 14 heavy (non-hydrogen) atoms. The number of hydrogen-bond acceptors (Lipinski definition) is 2. The van der Waals surface area contributed by atoms with Gasteiger partial charge < -0.3 is 0 Å². The fraction of sp³-hybridized carbons (Fsp3) is 0. The van der Waals surface area contributed by atoms with Crippen molar-refractivity contribution in [3.63, 3.8) is 0 Å². The smallest absolute Gasteiger partial charge is 0.161 e. The second-order valence-electron chi connectivity index (χ2n) is 3.07. The van der Waals surface area contributed by atoms with Gasteiger partial charge in [-0.2, -0.15) is 0 Å². The normalized spacial score (nSPS) is 11.2. The number of rotatable bonds is 0. The first-order chi connectivity index (χ1) is 6.86. The summed E-state index contributed by atoms with van der Waals surface area (Å²) >= 11 is 3.52. The summed E-state index contributed by atoms with van der Waals surface area (Å²) in [4.78, 5) is 0. The van der Waals surface area contributed by atoms with Crippen LogP contribution in [0.25, 0.3) is 16.6 Å². The summed E-state index contributed by atoms with van der Waals surface area (Å²) in [5.41, 5.74) is 1.98. The third kappa shape index (κ3) is 0.974. The minimum absolute atomic E-state index is 0.871. The van der Waals surface area contributed by atoms with Gasteiger partial charge in [-0.15, -0.1) is 10.2 Å². The van der Waals surface area contributed by atoms with Crippen molar-refractivity contribution in [1.82, 2.24) is 14.6 Å². The number of pyridine rings is 1. The molecule has 4 heteroatoms. The summed E-state index contributed by atoms with van der Waals surface area (Å²) in [5, 5.41) is 9.04. The van der Waals surface area contributed by atoms with E-state index >= 15 is 0 Å². The third-order valence-electron chi connectivity index (χ3n) is 2.26. The lowest BCUT2D eigenvalue weighted by molar-refractivity contribution is 1.11. The van der Waals surface area contributed by atoms with E-state index in [1.54, 1.807) is 6.33 Å². The molecule has 3 rings (SSSR count). The van der Waals surface area contributed by atoms with Crippen molar-refractivity contribution in [2.45, 2.75) is 0 Å². The second-order valence-corrected chi connectivity index (χ2v) is 3.92. The van der Waals surface area contributed by atoms with Crippen LogP contribution in [-0.2, 0) is 0 Å². The maximum absolute atomic E-state index is 4.00. The molecule has 0 aliphatic carbocycles. The quantitative estimate of drug-likeness (QED) is 0.612. The number of halogens is 1. The monoisotopic (exact) mass is 247 g/mol. The molecule has 0 amide bonds. The predicted molar refractivity (Wildman–Crippen MR) is 58.2 cm³/mol. The molecule has 0 spiro atoms. The zero-order chi connectivity index (χ0) is 9.54. The molecule has 0 radical (unpaired) electrons. The van der Waals surface area contributed by atoms with E-state index in [-0.39, 0.29) is 0 Å². The third-order valence-corrected chi connectivity index (χ3v) is 2.95. The van der Waals surface area contributed by atoms with Crippen LogP contribution < -0.4 is 0 Å². The summed E-state index contributed by atoms with van der Waals surface area (Å²) in [6.07, 6.45) is 1.73. The lowest BCUT2D eigenvalue weighted by atomic mass is 10.2. The van der Waals surface area contributed by atoms with E-state index in [0.717, 1.165) is 15.6 Å². The van der Waals surface area contributed by atoms with Gasteiger partial charge in [0.1, 0.15) is 6.33 Å². The molecule has 0 saturated heterocycles. The minimum atomic E-state index is 0.871. The molecular weight excluding hydrogens is 242 g/mol. The zero-order valence-electron chi connectivity index (χ0n) is 7.18. The van der Waals surface area contributed by atoms with Crippen LogP contribution in [0.15, 0.2) is 41.1 Å². The fourth-order valence-corrected chi connectivity index (χ4v) is 2.09. The second kappa shape index (κ2) is 2.78. The summed E-state index contributed by atoms with van der Waals surface area (Å²) < 4.78 is 3.06. The van der Waals surface area contributed by atoms with Crippen molar-refractivity contribution >= 4 is 32.5 Å². The molecule has 1 aromatic carbocycles. The van der Waals surface area contributed by atoms with E-state index in [9.17, 15) is 0 Å². The van der Waals surface area contributed by atoms with E-state index in [1.165, 1.54) is 5.39 Å². The standard InChI is InChI=1S/C10H6BrN3/c11-8-2-1-3-9-7(8)4-5-10-13-12-6-14(9)10/h1-6H. The molecule has 0 fully saturated rings. The topological polar surface area (TPSA) is 30.2 Å². The van der Waals surface area contributed by atoms with Gasteiger partial charge in [0.2, 0.25) is 0 Å². The summed E-state index contributed by atoms with van der Waals surface area (Å²) in [6, 6.07) is 10.1. The number of aromatic nitrogens is 3. The van der Waals surface area contributed by atoms with Crippen molar-refractivity contribution in [1.29, 1.82) is 0 Å². The van der Waals surface area contributed by atoms with Gasteiger partial charge in [-0.05, 0) is 24.3 Å². The van der Waals surface area contributed by atoms with Crippen LogP contribution in [0.2, 0.25) is 0 Å². The van der Waals surface area contributed by atoms with Gasteiger partial charge in [0.15, 0.2) is 5.65 Å². The molecule has 3 aromatic rings. The van der Waals surface area contributed by atoms with Gasteiger partial charge in [-0.1, -0.05) is 22.0 Å². The van der Waals surface area contributed by atoms with Crippen molar-refractivity contribution in [3.05, 3.63) is 41.1 Å². The Balaban J connectivity index is 2.64. The Morgan fingerprint density at radius 1 is 1.14 bits per heavy atom. The van der Waals surface area contributed by atoms with Gasteiger partial charge in [-0.25, -0.2) is 0 Å². The maximum Gasteiger partial charge on any atom is 0.161 e. The predicted octanol–water partition coefficient (Wildman–Crippen LogP) is 2.65. The number of fused-ring (bicyclic) bond motifs is 3. The van der Waals surface area contributed by atoms with Crippen molar-refractivity contribution in [2.75, 3.05) is 0 Å². The molecule has 0 saturated carbocycles. The largest absolute Gasteiger partial charge is 0.281 e. The molecule has 0 N–H and O–H groups in total. The van der Waals surface area contributed by atoms with Crippen LogP contribution >= 0.6 is 15.9 Å². The molecular formula is C10H6BrN3. The van der Waals surface area contributed by atoms with Crippen LogP contribution in [-0.4, -0.2) is 14.6 Å². The average Bonchev–Trinajstić information content (AvgIpc) is 2.66. The Kier molecular flexibility index (Phi) is 1.58. The van der Waals surface area contributed by atoms with Gasteiger partial charge in [0, 0.05) is 9.86 Å². The maximum atomic E-state index is 4.00. The Morgan fingerprint density at radius 3 is 3.00 bits per heavy atom. The molecule has 0 atom stereocenters. The molecule has 3 nitrogen and oxygen atoms in total. The molecule has 68 valence electrons. The molecule has 2 aromatic heterocycles. The van der Waals surface area contributed by atoms with Crippen LogP contribution in [0.5, 0.6) is 0 Å². The van der Waals surface area contributed by atoms with Crippen LogP contribution in [0, 0.1) is 0 Å². The van der Waals surface area contributed by atoms with E-state index in [1.807, 2.05) is 28.7 Å². The average molecular weight is 248 g/mol.